The van der Waals surface area contributed by atoms with E-state index >= 15 is 0 Å². The van der Waals surface area contributed by atoms with Gasteiger partial charge in [0, 0.05) is 17.0 Å². The van der Waals surface area contributed by atoms with E-state index in [0.29, 0.717) is 27.6 Å². The van der Waals surface area contributed by atoms with Crippen molar-refractivity contribution in [2.24, 2.45) is 4.99 Å². The van der Waals surface area contributed by atoms with E-state index < -0.39 is 5.97 Å². The van der Waals surface area contributed by atoms with Gasteiger partial charge in [-0.3, -0.25) is 9.79 Å². The van der Waals surface area contributed by atoms with Gasteiger partial charge in [0.25, 0.3) is 5.56 Å². The van der Waals surface area contributed by atoms with Crippen molar-refractivity contribution in [3.63, 3.8) is 0 Å². The fraction of sp³-hybridized carbons (Fsp3) is 0.179. The lowest BCUT2D eigenvalue weighted by molar-refractivity contribution is 0.0526. The Balaban J connectivity index is 1.89. The van der Waals surface area contributed by atoms with Gasteiger partial charge in [0.15, 0.2) is 0 Å². The second kappa shape index (κ2) is 9.35. The zero-order chi connectivity index (χ0) is 24.4. The molecule has 6 nitrogen and oxygen atoms in total. The number of aromatic hydroxyl groups is 1. The van der Waals surface area contributed by atoms with Crippen molar-refractivity contribution < 1.29 is 14.6 Å². The zero-order valence-electron chi connectivity index (χ0n) is 19.6. The van der Waals surface area contributed by atoms with Gasteiger partial charge >= 0.3 is 5.97 Å². The summed E-state index contributed by atoms with van der Waals surface area (Å²) in [6, 6.07) is 17.6. The van der Waals surface area contributed by atoms with Crippen molar-refractivity contribution in [1.82, 2.24) is 4.57 Å². The first kappa shape index (κ1) is 23.0. The number of aliphatic imine (C=N–C) groups is 1. The van der Waals surface area contributed by atoms with Gasteiger partial charge in [0.05, 0.1) is 29.1 Å². The normalized spacial score (nSPS) is 11.3. The lowest BCUT2D eigenvalue weighted by Crippen LogP contribution is -2.20. The number of carbonyl (C=O) groups is 1. The van der Waals surface area contributed by atoms with Gasteiger partial charge in [0.2, 0.25) is 5.88 Å². The van der Waals surface area contributed by atoms with Crippen LogP contribution in [-0.4, -0.2) is 28.5 Å². The first-order chi connectivity index (χ1) is 16.3. The van der Waals surface area contributed by atoms with Gasteiger partial charge in [-0.2, -0.15) is 0 Å². The molecule has 0 radical (unpaired) electrons. The van der Waals surface area contributed by atoms with E-state index in [2.05, 4.69) is 17.1 Å². The van der Waals surface area contributed by atoms with Crippen LogP contribution < -0.4 is 5.56 Å². The Hall–Kier alpha value is -4.19. The summed E-state index contributed by atoms with van der Waals surface area (Å²) in [4.78, 5) is 30.0. The van der Waals surface area contributed by atoms with E-state index in [4.69, 9.17) is 4.74 Å². The summed E-state index contributed by atoms with van der Waals surface area (Å²) in [6.07, 6.45) is 1.60. The number of esters is 1. The molecule has 0 bridgehead atoms. The fourth-order valence-electron chi connectivity index (χ4n) is 4.19. The highest BCUT2D eigenvalue weighted by atomic mass is 16.5. The maximum absolute atomic E-state index is 13.3. The number of hydrogen-bond acceptors (Lipinski definition) is 5. The van der Waals surface area contributed by atoms with Gasteiger partial charge in [0.1, 0.15) is 0 Å². The van der Waals surface area contributed by atoms with E-state index in [0.717, 1.165) is 22.4 Å². The average molecular weight is 455 g/mol. The number of nitrogens with zero attached hydrogens (tertiary/aromatic N) is 2. The Morgan fingerprint density at radius 2 is 1.62 bits per heavy atom. The molecule has 0 unspecified atom stereocenters. The molecule has 0 aliphatic rings. The quantitative estimate of drug-likeness (QED) is 0.317. The minimum atomic E-state index is -0.444. The summed E-state index contributed by atoms with van der Waals surface area (Å²) >= 11 is 0. The third-order valence-corrected chi connectivity index (χ3v) is 5.70. The van der Waals surface area contributed by atoms with Crippen LogP contribution in [0.15, 0.2) is 70.5 Å². The molecule has 0 aliphatic heterocycles. The first-order valence-corrected chi connectivity index (χ1v) is 11.1. The lowest BCUT2D eigenvalue weighted by atomic mass is 10.0. The number of ether oxygens (including phenoxy) is 1. The highest BCUT2D eigenvalue weighted by molar-refractivity contribution is 6.02. The highest BCUT2D eigenvalue weighted by Gasteiger charge is 2.17. The Morgan fingerprint density at radius 1 is 1.00 bits per heavy atom. The van der Waals surface area contributed by atoms with Crippen molar-refractivity contribution in [2.45, 2.75) is 27.7 Å². The molecule has 3 aromatic carbocycles. The summed E-state index contributed by atoms with van der Waals surface area (Å²) in [5.74, 6) is -0.667. The van der Waals surface area contributed by atoms with Crippen LogP contribution in [-0.2, 0) is 4.74 Å². The maximum atomic E-state index is 13.3. The van der Waals surface area contributed by atoms with Crippen molar-refractivity contribution in [3.05, 3.63) is 98.8 Å². The molecular formula is C28H26N2O4. The number of pyridine rings is 1. The summed E-state index contributed by atoms with van der Waals surface area (Å²) in [7, 11) is 0. The molecular weight excluding hydrogens is 428 g/mol. The van der Waals surface area contributed by atoms with Crippen LogP contribution in [0.25, 0.3) is 16.5 Å². The third-order valence-electron chi connectivity index (χ3n) is 5.70. The minimum absolute atomic E-state index is 0.223. The van der Waals surface area contributed by atoms with E-state index in [1.807, 2.05) is 26.8 Å². The number of hydrogen-bond donors (Lipinski definition) is 1. The number of aromatic nitrogens is 1. The standard InChI is InChI=1S/C28H26N2O4/c1-5-34-28(33)20-10-12-21(13-11-20)30-26(31)23-9-7-6-8-22(23)24(27(30)32)16-29-25-18(3)14-17(2)15-19(25)4/h6-16,32H,5H2,1-4H3. The molecule has 0 fully saturated rings. The molecule has 1 N–H and O–H groups in total. The lowest BCUT2D eigenvalue weighted by Gasteiger charge is -2.14. The highest BCUT2D eigenvalue weighted by Crippen LogP contribution is 2.29. The van der Waals surface area contributed by atoms with Crippen LogP contribution in [0, 0.1) is 20.8 Å². The van der Waals surface area contributed by atoms with Crippen molar-refractivity contribution in [1.29, 1.82) is 0 Å². The van der Waals surface area contributed by atoms with Crippen LogP contribution in [0.3, 0.4) is 0 Å². The van der Waals surface area contributed by atoms with Crippen molar-refractivity contribution >= 4 is 28.6 Å². The number of rotatable bonds is 5. The number of aryl methyl sites for hydroxylation is 3. The summed E-state index contributed by atoms with van der Waals surface area (Å²) < 4.78 is 6.25. The van der Waals surface area contributed by atoms with Crippen molar-refractivity contribution in [2.75, 3.05) is 6.61 Å². The molecule has 4 rings (SSSR count). The molecule has 0 spiro atoms. The van der Waals surface area contributed by atoms with Gasteiger partial charge in [-0.15, -0.1) is 0 Å². The van der Waals surface area contributed by atoms with Gasteiger partial charge < -0.3 is 9.84 Å². The maximum Gasteiger partial charge on any atom is 0.338 e. The molecule has 0 saturated carbocycles. The molecule has 6 heteroatoms. The van der Waals surface area contributed by atoms with Gasteiger partial charge in [-0.1, -0.05) is 35.9 Å². The number of fused-ring (bicyclic) bond motifs is 1. The predicted octanol–water partition coefficient (Wildman–Crippen LogP) is 5.55. The SMILES string of the molecule is CCOC(=O)c1ccc(-n2c(O)c(C=Nc3c(C)cc(C)cc3C)c3ccccc3c2=O)cc1. The Kier molecular flexibility index (Phi) is 6.32. The molecule has 4 aromatic rings. The smallest absolute Gasteiger partial charge is 0.338 e. The van der Waals surface area contributed by atoms with Gasteiger partial charge in [-0.05, 0) is 69.2 Å². The van der Waals surface area contributed by atoms with E-state index in [1.54, 1.807) is 55.6 Å². The first-order valence-electron chi connectivity index (χ1n) is 11.1. The van der Waals surface area contributed by atoms with Crippen LogP contribution in [0.5, 0.6) is 5.88 Å². The predicted molar refractivity (Wildman–Crippen MR) is 135 cm³/mol. The molecule has 0 atom stereocenters. The fourth-order valence-corrected chi connectivity index (χ4v) is 4.19. The molecule has 0 saturated heterocycles. The minimum Gasteiger partial charge on any atom is -0.494 e. The third kappa shape index (κ3) is 4.22. The summed E-state index contributed by atoms with van der Waals surface area (Å²) in [6.45, 7) is 8.04. The second-order valence-electron chi connectivity index (χ2n) is 8.20. The monoisotopic (exact) mass is 454 g/mol. The average Bonchev–Trinajstić information content (AvgIpc) is 2.81. The molecule has 1 heterocycles. The largest absolute Gasteiger partial charge is 0.494 e. The molecule has 0 amide bonds. The summed E-state index contributed by atoms with van der Waals surface area (Å²) in [5.41, 5.74) is 4.90. The van der Waals surface area contributed by atoms with Crippen LogP contribution in [0.4, 0.5) is 5.69 Å². The zero-order valence-corrected chi connectivity index (χ0v) is 19.6. The van der Waals surface area contributed by atoms with Crippen LogP contribution in [0.1, 0.15) is 39.5 Å². The Labute approximate surface area is 197 Å². The van der Waals surface area contributed by atoms with Gasteiger partial charge in [-0.25, -0.2) is 9.36 Å². The summed E-state index contributed by atoms with van der Waals surface area (Å²) in [5, 5.41) is 12.3. The Bertz CT molecular complexity index is 1460. The molecule has 172 valence electrons. The molecule has 0 aliphatic carbocycles. The molecule has 1 aromatic heterocycles. The van der Waals surface area contributed by atoms with E-state index in [1.165, 1.54) is 4.57 Å². The second-order valence-corrected chi connectivity index (χ2v) is 8.20. The number of carbonyl (C=O) groups excluding carboxylic acids is 1. The van der Waals surface area contributed by atoms with Crippen LogP contribution in [0.2, 0.25) is 0 Å². The van der Waals surface area contributed by atoms with E-state index in [-0.39, 0.29) is 18.0 Å². The van der Waals surface area contributed by atoms with Crippen LogP contribution >= 0.6 is 0 Å². The molecule has 34 heavy (non-hydrogen) atoms. The Morgan fingerprint density at radius 3 is 2.24 bits per heavy atom. The van der Waals surface area contributed by atoms with E-state index in [9.17, 15) is 14.7 Å². The number of benzene rings is 3. The van der Waals surface area contributed by atoms with Crippen molar-refractivity contribution in [3.8, 4) is 11.6 Å². The topological polar surface area (TPSA) is 80.9 Å².